The van der Waals surface area contributed by atoms with Crippen molar-refractivity contribution in [3.63, 3.8) is 0 Å². The van der Waals surface area contributed by atoms with Gasteiger partial charge >= 0.3 is 0 Å². The molecule has 1 heterocycles. The van der Waals surface area contributed by atoms with Gasteiger partial charge in [0.25, 0.3) is 0 Å². The Hall–Kier alpha value is -1.26. The molecule has 1 amide bonds. The summed E-state index contributed by atoms with van der Waals surface area (Å²) >= 11 is 0. The van der Waals surface area contributed by atoms with E-state index in [9.17, 15) is 4.79 Å². The van der Waals surface area contributed by atoms with Gasteiger partial charge < -0.3 is 15.5 Å². The first-order chi connectivity index (χ1) is 8.66. The molecule has 5 heteroatoms. The van der Waals surface area contributed by atoms with Crippen LogP contribution in [0.2, 0.25) is 0 Å². The van der Waals surface area contributed by atoms with Crippen molar-refractivity contribution >= 4 is 24.0 Å². The van der Waals surface area contributed by atoms with Gasteiger partial charge in [-0.25, -0.2) is 0 Å². The van der Waals surface area contributed by atoms with Crippen molar-refractivity contribution in [3.8, 4) is 0 Å². The van der Waals surface area contributed by atoms with Crippen LogP contribution in [-0.2, 0) is 11.2 Å². The summed E-state index contributed by atoms with van der Waals surface area (Å²) in [6.07, 6.45) is 1.29. The molecule has 0 saturated carbocycles. The second kappa shape index (κ2) is 7.36. The van der Waals surface area contributed by atoms with E-state index in [2.05, 4.69) is 11.9 Å². The van der Waals surface area contributed by atoms with Crippen molar-refractivity contribution in [3.05, 3.63) is 29.8 Å². The number of nitrogens with zero attached hydrogens (tertiary/aromatic N) is 2. The van der Waals surface area contributed by atoms with Gasteiger partial charge in [-0.05, 0) is 25.1 Å². The van der Waals surface area contributed by atoms with Crippen LogP contribution in [0.3, 0.4) is 0 Å². The van der Waals surface area contributed by atoms with Gasteiger partial charge in [0.15, 0.2) is 0 Å². The number of carbonyl (C=O) groups excluding carboxylic acids is 1. The van der Waals surface area contributed by atoms with Crippen molar-refractivity contribution in [2.75, 3.05) is 39.0 Å². The zero-order chi connectivity index (χ0) is 13.0. The summed E-state index contributed by atoms with van der Waals surface area (Å²) in [6, 6.07) is 7.76. The number of aryl methyl sites for hydroxylation is 1. The number of hydrogen-bond donors (Lipinski definition) is 1. The van der Waals surface area contributed by atoms with Crippen molar-refractivity contribution in [1.29, 1.82) is 0 Å². The molecule has 1 saturated heterocycles. The number of amides is 1. The smallest absolute Gasteiger partial charge is 0.222 e. The van der Waals surface area contributed by atoms with E-state index >= 15 is 0 Å². The minimum absolute atomic E-state index is 0. The third-order valence-electron chi connectivity index (χ3n) is 3.52. The number of anilines is 1. The summed E-state index contributed by atoms with van der Waals surface area (Å²) in [7, 11) is 2.09. The predicted octanol–water partition coefficient (Wildman–Crippen LogP) is 1.40. The molecule has 1 aliphatic rings. The Morgan fingerprint density at radius 1 is 1.21 bits per heavy atom. The summed E-state index contributed by atoms with van der Waals surface area (Å²) in [5.41, 5.74) is 7.72. The first kappa shape index (κ1) is 15.8. The number of carbonyl (C=O) groups is 1. The van der Waals surface area contributed by atoms with E-state index in [1.807, 2.05) is 29.2 Å². The Balaban J connectivity index is 0.00000180. The summed E-state index contributed by atoms with van der Waals surface area (Å²) in [5, 5.41) is 0. The summed E-state index contributed by atoms with van der Waals surface area (Å²) in [5.74, 6) is 0.242. The average molecular weight is 284 g/mol. The predicted molar refractivity (Wildman–Crippen MR) is 80.5 cm³/mol. The molecular formula is C14H22ClN3O. The number of piperazine rings is 1. The molecule has 106 valence electrons. The lowest BCUT2D eigenvalue weighted by Gasteiger charge is -2.32. The van der Waals surface area contributed by atoms with E-state index in [0.717, 1.165) is 43.9 Å². The monoisotopic (exact) mass is 283 g/mol. The van der Waals surface area contributed by atoms with Crippen molar-refractivity contribution in [1.82, 2.24) is 9.80 Å². The van der Waals surface area contributed by atoms with Crippen molar-refractivity contribution < 1.29 is 4.79 Å². The number of hydrogen-bond acceptors (Lipinski definition) is 3. The standard InChI is InChI=1S/C14H21N3O.ClH/c1-16-8-10-17(11-9-16)14(18)7-6-12-4-2-3-5-13(12)15;/h2-5H,6-11,15H2,1H3;1H. The first-order valence-electron chi connectivity index (χ1n) is 6.46. The minimum atomic E-state index is 0. The largest absolute Gasteiger partial charge is 0.399 e. The second-order valence-electron chi connectivity index (χ2n) is 4.88. The molecule has 0 aliphatic carbocycles. The number of rotatable bonds is 3. The molecule has 1 fully saturated rings. The normalized spacial score (nSPS) is 15.9. The second-order valence-corrected chi connectivity index (χ2v) is 4.88. The van der Waals surface area contributed by atoms with Gasteiger partial charge in [0.2, 0.25) is 5.91 Å². The number of nitrogen functional groups attached to an aromatic ring is 1. The Labute approximate surface area is 121 Å². The van der Waals surface area contributed by atoms with Crippen molar-refractivity contribution in [2.24, 2.45) is 0 Å². The highest BCUT2D eigenvalue weighted by Gasteiger charge is 2.18. The van der Waals surface area contributed by atoms with Crippen LogP contribution in [0, 0.1) is 0 Å². The Morgan fingerprint density at radius 3 is 2.47 bits per heavy atom. The zero-order valence-electron chi connectivity index (χ0n) is 11.3. The third kappa shape index (κ3) is 4.40. The zero-order valence-corrected chi connectivity index (χ0v) is 12.2. The Morgan fingerprint density at radius 2 is 1.84 bits per heavy atom. The molecule has 1 aliphatic heterocycles. The van der Waals surface area contributed by atoms with E-state index < -0.39 is 0 Å². The van der Waals surface area contributed by atoms with Crippen LogP contribution in [0.5, 0.6) is 0 Å². The van der Waals surface area contributed by atoms with Crippen LogP contribution in [-0.4, -0.2) is 48.9 Å². The van der Waals surface area contributed by atoms with Gasteiger partial charge in [-0.1, -0.05) is 18.2 Å². The molecule has 0 aromatic heterocycles. The fourth-order valence-corrected chi connectivity index (χ4v) is 2.22. The number of para-hydroxylation sites is 1. The van der Waals surface area contributed by atoms with Gasteiger partial charge in [-0.15, -0.1) is 12.4 Å². The van der Waals surface area contributed by atoms with Crippen LogP contribution < -0.4 is 5.73 Å². The average Bonchev–Trinajstić information content (AvgIpc) is 2.38. The summed E-state index contributed by atoms with van der Waals surface area (Å²) in [4.78, 5) is 16.3. The lowest BCUT2D eigenvalue weighted by atomic mass is 10.1. The molecule has 1 aromatic carbocycles. The van der Waals surface area contributed by atoms with Gasteiger partial charge in [0, 0.05) is 38.3 Å². The van der Waals surface area contributed by atoms with E-state index in [0.29, 0.717) is 6.42 Å². The minimum Gasteiger partial charge on any atom is -0.399 e. The molecule has 19 heavy (non-hydrogen) atoms. The number of halogens is 1. The summed E-state index contributed by atoms with van der Waals surface area (Å²) in [6.45, 7) is 3.64. The quantitative estimate of drug-likeness (QED) is 0.853. The molecule has 0 atom stereocenters. The fourth-order valence-electron chi connectivity index (χ4n) is 2.22. The SMILES string of the molecule is CN1CCN(C(=O)CCc2ccccc2N)CC1.Cl. The number of nitrogens with two attached hydrogens (primary N) is 1. The van der Waals surface area contributed by atoms with Gasteiger partial charge in [-0.3, -0.25) is 4.79 Å². The highest BCUT2D eigenvalue weighted by atomic mass is 35.5. The molecule has 2 rings (SSSR count). The molecule has 1 aromatic rings. The van der Waals surface area contributed by atoms with Gasteiger partial charge in [0.05, 0.1) is 0 Å². The first-order valence-corrected chi connectivity index (χ1v) is 6.46. The van der Waals surface area contributed by atoms with Gasteiger partial charge in [0.1, 0.15) is 0 Å². The van der Waals surface area contributed by atoms with Crippen LogP contribution in [0.4, 0.5) is 5.69 Å². The maximum Gasteiger partial charge on any atom is 0.222 e. The maximum absolute atomic E-state index is 12.1. The number of likely N-dealkylation sites (N-methyl/N-ethyl adjacent to an activating group) is 1. The van der Waals surface area contributed by atoms with Crippen LogP contribution in [0.25, 0.3) is 0 Å². The lowest BCUT2D eigenvalue weighted by molar-refractivity contribution is -0.132. The molecule has 0 bridgehead atoms. The summed E-state index contributed by atoms with van der Waals surface area (Å²) < 4.78 is 0. The van der Waals surface area contributed by atoms with Crippen LogP contribution in [0.1, 0.15) is 12.0 Å². The van der Waals surface area contributed by atoms with E-state index in [1.54, 1.807) is 0 Å². The molecule has 2 N–H and O–H groups in total. The van der Waals surface area contributed by atoms with E-state index in [-0.39, 0.29) is 18.3 Å². The van der Waals surface area contributed by atoms with Crippen LogP contribution >= 0.6 is 12.4 Å². The maximum atomic E-state index is 12.1. The van der Waals surface area contributed by atoms with E-state index in [1.165, 1.54) is 0 Å². The molecule has 0 spiro atoms. The van der Waals surface area contributed by atoms with E-state index in [4.69, 9.17) is 5.73 Å². The van der Waals surface area contributed by atoms with Crippen LogP contribution in [0.15, 0.2) is 24.3 Å². The molecule has 4 nitrogen and oxygen atoms in total. The lowest BCUT2D eigenvalue weighted by Crippen LogP contribution is -2.47. The molecular weight excluding hydrogens is 262 g/mol. The molecule has 0 unspecified atom stereocenters. The van der Waals surface area contributed by atoms with Gasteiger partial charge in [-0.2, -0.15) is 0 Å². The molecule has 0 radical (unpaired) electrons. The highest BCUT2D eigenvalue weighted by molar-refractivity contribution is 5.85. The topological polar surface area (TPSA) is 49.6 Å². The highest BCUT2D eigenvalue weighted by Crippen LogP contribution is 2.13. The fraction of sp³-hybridized carbons (Fsp3) is 0.500. The Kier molecular flexibility index (Phi) is 6.12. The number of benzene rings is 1. The third-order valence-corrected chi connectivity index (χ3v) is 3.52. The van der Waals surface area contributed by atoms with Crippen molar-refractivity contribution in [2.45, 2.75) is 12.8 Å². The Bertz CT molecular complexity index is 417.